The van der Waals surface area contributed by atoms with Crippen LogP contribution in [0.3, 0.4) is 0 Å². The number of hydrogen-bond donors (Lipinski definition) is 0. The summed E-state index contributed by atoms with van der Waals surface area (Å²) in [5.41, 5.74) is 2.94. The molecule has 25 heavy (non-hydrogen) atoms. The van der Waals surface area contributed by atoms with Gasteiger partial charge in [0.25, 0.3) is 5.91 Å². The third-order valence-electron chi connectivity index (χ3n) is 4.52. The summed E-state index contributed by atoms with van der Waals surface area (Å²) >= 11 is 1.48. The van der Waals surface area contributed by atoms with E-state index in [1.807, 2.05) is 31.0 Å². The maximum absolute atomic E-state index is 12.7. The van der Waals surface area contributed by atoms with Gasteiger partial charge in [0, 0.05) is 43.4 Å². The van der Waals surface area contributed by atoms with Crippen LogP contribution in [-0.4, -0.2) is 51.9 Å². The molecule has 0 radical (unpaired) electrons. The van der Waals surface area contributed by atoms with Gasteiger partial charge < -0.3 is 9.80 Å². The molecule has 1 fully saturated rings. The number of nitrogens with zero attached hydrogens (tertiary/aromatic N) is 5. The first-order chi connectivity index (χ1) is 12.1. The van der Waals surface area contributed by atoms with Crippen LogP contribution in [0.15, 0.2) is 30.7 Å². The lowest BCUT2D eigenvalue weighted by Gasteiger charge is -2.36. The Balaban J connectivity index is 1.47. The van der Waals surface area contributed by atoms with Crippen molar-refractivity contribution < 1.29 is 4.79 Å². The third kappa shape index (κ3) is 3.07. The minimum Gasteiger partial charge on any atom is -0.368 e. The number of amides is 1. The summed E-state index contributed by atoms with van der Waals surface area (Å²) in [5, 5.41) is 1.98. The van der Waals surface area contributed by atoms with Crippen LogP contribution in [0.4, 0.5) is 5.69 Å². The molecule has 0 atom stereocenters. The average Bonchev–Trinajstić information content (AvgIpc) is 2.99. The third-order valence-corrected chi connectivity index (χ3v) is 5.58. The maximum Gasteiger partial charge on any atom is 0.265 e. The Labute approximate surface area is 150 Å². The molecule has 7 heteroatoms. The molecule has 0 N–H and O–H groups in total. The number of anilines is 1. The van der Waals surface area contributed by atoms with E-state index in [2.05, 4.69) is 32.0 Å². The highest BCUT2D eigenvalue weighted by molar-refractivity contribution is 7.13. The van der Waals surface area contributed by atoms with Crippen LogP contribution in [0.5, 0.6) is 0 Å². The summed E-state index contributed by atoms with van der Waals surface area (Å²) < 4.78 is 0. The van der Waals surface area contributed by atoms with E-state index < -0.39 is 0 Å². The summed E-state index contributed by atoms with van der Waals surface area (Å²) in [6, 6.07) is 6.22. The van der Waals surface area contributed by atoms with Crippen molar-refractivity contribution in [2.24, 2.45) is 0 Å². The first kappa shape index (κ1) is 16.0. The van der Waals surface area contributed by atoms with Gasteiger partial charge in [0.15, 0.2) is 0 Å². The molecule has 4 rings (SSSR count). The fraction of sp³-hybridized carbons (Fsp3) is 0.333. The van der Waals surface area contributed by atoms with Crippen LogP contribution < -0.4 is 4.90 Å². The van der Waals surface area contributed by atoms with Crippen molar-refractivity contribution in [2.75, 3.05) is 31.1 Å². The number of aromatic nitrogens is 3. The molecular formula is C18H19N5OS. The zero-order chi connectivity index (χ0) is 17.4. The van der Waals surface area contributed by atoms with Crippen LogP contribution in [0.2, 0.25) is 0 Å². The van der Waals surface area contributed by atoms with Crippen molar-refractivity contribution in [2.45, 2.75) is 13.8 Å². The zero-order valence-electron chi connectivity index (χ0n) is 14.3. The topological polar surface area (TPSA) is 62.2 Å². The minimum absolute atomic E-state index is 0.106. The van der Waals surface area contributed by atoms with Gasteiger partial charge in [0.05, 0.1) is 16.2 Å². The molecule has 0 saturated carbocycles. The second-order valence-corrected chi connectivity index (χ2v) is 7.40. The van der Waals surface area contributed by atoms with E-state index in [1.165, 1.54) is 11.3 Å². The highest BCUT2D eigenvalue weighted by Gasteiger charge is 2.25. The molecule has 6 nitrogen and oxygen atoms in total. The first-order valence-corrected chi connectivity index (χ1v) is 9.11. The average molecular weight is 353 g/mol. The Bertz CT molecular complexity index is 930. The van der Waals surface area contributed by atoms with Crippen LogP contribution in [0.1, 0.15) is 20.4 Å². The Kier molecular flexibility index (Phi) is 4.09. The largest absolute Gasteiger partial charge is 0.368 e. The SMILES string of the molecule is Cc1nc(C)c(C(=O)N2CCN(c3ccc4ncncc4c3)CC2)s1. The second kappa shape index (κ2) is 6.40. The smallest absolute Gasteiger partial charge is 0.265 e. The lowest BCUT2D eigenvalue weighted by molar-refractivity contribution is 0.0750. The summed E-state index contributed by atoms with van der Waals surface area (Å²) in [4.78, 5) is 30.4. The monoisotopic (exact) mass is 353 g/mol. The molecule has 1 aliphatic heterocycles. The fourth-order valence-electron chi connectivity index (χ4n) is 3.21. The molecule has 1 amide bonds. The van der Waals surface area contributed by atoms with Crippen molar-refractivity contribution in [3.8, 4) is 0 Å². The van der Waals surface area contributed by atoms with Crippen molar-refractivity contribution in [3.05, 3.63) is 46.3 Å². The van der Waals surface area contributed by atoms with Gasteiger partial charge in [0.1, 0.15) is 11.2 Å². The first-order valence-electron chi connectivity index (χ1n) is 8.30. The lowest BCUT2D eigenvalue weighted by Crippen LogP contribution is -2.48. The molecule has 0 bridgehead atoms. The summed E-state index contributed by atoms with van der Waals surface area (Å²) in [6.45, 7) is 6.93. The van der Waals surface area contributed by atoms with Gasteiger partial charge >= 0.3 is 0 Å². The summed E-state index contributed by atoms with van der Waals surface area (Å²) in [5.74, 6) is 0.106. The van der Waals surface area contributed by atoms with Crippen molar-refractivity contribution in [3.63, 3.8) is 0 Å². The Morgan fingerprint density at radius 3 is 2.68 bits per heavy atom. The van der Waals surface area contributed by atoms with Gasteiger partial charge in [-0.2, -0.15) is 0 Å². The molecule has 0 aliphatic carbocycles. The zero-order valence-corrected chi connectivity index (χ0v) is 15.1. The van der Waals surface area contributed by atoms with E-state index in [9.17, 15) is 4.79 Å². The molecule has 3 heterocycles. The number of fused-ring (bicyclic) bond motifs is 1. The molecule has 128 valence electrons. The molecular weight excluding hydrogens is 334 g/mol. The van der Waals surface area contributed by atoms with Crippen molar-refractivity contribution in [1.29, 1.82) is 0 Å². The van der Waals surface area contributed by atoms with Crippen LogP contribution in [-0.2, 0) is 0 Å². The number of carbonyl (C=O) groups is 1. The van der Waals surface area contributed by atoms with Gasteiger partial charge in [-0.1, -0.05) is 0 Å². The Hall–Kier alpha value is -2.54. The highest BCUT2D eigenvalue weighted by atomic mass is 32.1. The minimum atomic E-state index is 0.106. The van der Waals surface area contributed by atoms with Gasteiger partial charge in [-0.15, -0.1) is 11.3 Å². The molecule has 1 aromatic carbocycles. The van der Waals surface area contributed by atoms with E-state index in [4.69, 9.17) is 0 Å². The molecule has 0 spiro atoms. The standard InChI is InChI=1S/C18H19N5OS/c1-12-17(25-13(2)21-12)18(24)23-7-5-22(6-8-23)15-3-4-16-14(9-15)10-19-11-20-16/h3-4,9-11H,5-8H2,1-2H3. The van der Waals surface area contributed by atoms with Crippen LogP contribution in [0, 0.1) is 13.8 Å². The molecule has 2 aromatic heterocycles. The normalized spacial score (nSPS) is 15.0. The number of piperazine rings is 1. The lowest BCUT2D eigenvalue weighted by atomic mass is 10.2. The molecule has 1 saturated heterocycles. The van der Waals surface area contributed by atoms with Crippen molar-refractivity contribution in [1.82, 2.24) is 19.9 Å². The number of hydrogen-bond acceptors (Lipinski definition) is 6. The van der Waals surface area contributed by atoms with E-state index in [0.29, 0.717) is 0 Å². The number of rotatable bonds is 2. The Morgan fingerprint density at radius 2 is 1.96 bits per heavy atom. The number of aryl methyl sites for hydroxylation is 2. The quantitative estimate of drug-likeness (QED) is 0.709. The molecule has 1 aliphatic rings. The summed E-state index contributed by atoms with van der Waals surface area (Å²) in [7, 11) is 0. The van der Waals surface area contributed by atoms with Crippen LogP contribution in [0.25, 0.3) is 10.9 Å². The fourth-order valence-corrected chi connectivity index (χ4v) is 4.10. The predicted molar refractivity (Wildman–Crippen MR) is 99.2 cm³/mol. The summed E-state index contributed by atoms with van der Waals surface area (Å²) in [6.07, 6.45) is 3.40. The van der Waals surface area contributed by atoms with Crippen molar-refractivity contribution >= 4 is 33.8 Å². The van der Waals surface area contributed by atoms with Gasteiger partial charge in [-0.25, -0.2) is 15.0 Å². The number of carbonyl (C=O) groups excluding carboxylic acids is 1. The van der Waals surface area contributed by atoms with Gasteiger partial charge in [0.2, 0.25) is 0 Å². The van der Waals surface area contributed by atoms with Gasteiger partial charge in [-0.05, 0) is 32.0 Å². The number of benzene rings is 1. The van der Waals surface area contributed by atoms with Gasteiger partial charge in [-0.3, -0.25) is 4.79 Å². The second-order valence-electron chi connectivity index (χ2n) is 6.19. The maximum atomic E-state index is 12.7. The van der Waals surface area contributed by atoms with E-state index in [-0.39, 0.29) is 5.91 Å². The Morgan fingerprint density at radius 1 is 1.16 bits per heavy atom. The molecule has 0 unspecified atom stereocenters. The molecule has 3 aromatic rings. The van der Waals surface area contributed by atoms with E-state index in [1.54, 1.807) is 6.33 Å². The predicted octanol–water partition coefficient (Wildman–Crippen LogP) is 2.67. The van der Waals surface area contributed by atoms with Crippen LogP contribution >= 0.6 is 11.3 Å². The number of thiazole rings is 1. The van der Waals surface area contributed by atoms with E-state index in [0.717, 1.165) is 58.3 Å². The highest BCUT2D eigenvalue weighted by Crippen LogP contribution is 2.23. The van der Waals surface area contributed by atoms with E-state index >= 15 is 0 Å².